The molecule has 4 heteroatoms. The van der Waals surface area contributed by atoms with Crippen LogP contribution in [0.3, 0.4) is 0 Å². The fraction of sp³-hybridized carbons (Fsp3) is 0.348. The third-order valence-corrected chi connectivity index (χ3v) is 5.27. The number of rotatable bonds is 6. The predicted molar refractivity (Wildman–Crippen MR) is 109 cm³/mol. The summed E-state index contributed by atoms with van der Waals surface area (Å²) in [5, 5.41) is 0. The highest BCUT2D eigenvalue weighted by molar-refractivity contribution is 5.94. The Labute approximate surface area is 162 Å². The van der Waals surface area contributed by atoms with Crippen molar-refractivity contribution in [2.24, 2.45) is 0 Å². The lowest BCUT2D eigenvalue weighted by molar-refractivity contribution is 0.0547. The van der Waals surface area contributed by atoms with E-state index in [2.05, 4.69) is 42.8 Å². The fourth-order valence-corrected chi connectivity index (χ4v) is 3.65. The molecule has 1 saturated heterocycles. The monoisotopic (exact) mass is 364 g/mol. The second-order valence-electron chi connectivity index (χ2n) is 7.09. The van der Waals surface area contributed by atoms with E-state index in [-0.39, 0.29) is 5.91 Å². The van der Waals surface area contributed by atoms with Gasteiger partial charge in [0.15, 0.2) is 0 Å². The first-order chi connectivity index (χ1) is 13.1. The maximum atomic E-state index is 13.1. The summed E-state index contributed by atoms with van der Waals surface area (Å²) in [6.45, 7) is 6.18. The third kappa shape index (κ3) is 4.58. The molecule has 1 aliphatic heterocycles. The van der Waals surface area contributed by atoms with Crippen LogP contribution in [0, 0.1) is 0 Å². The van der Waals surface area contributed by atoms with Gasteiger partial charge in [-0.25, -0.2) is 0 Å². The van der Waals surface area contributed by atoms with Crippen LogP contribution in [0.2, 0.25) is 0 Å². The molecule has 2 aromatic rings. The summed E-state index contributed by atoms with van der Waals surface area (Å²) in [6.07, 6.45) is 3.47. The highest BCUT2D eigenvalue weighted by Gasteiger charge is 2.28. The van der Waals surface area contributed by atoms with Crippen LogP contribution in [0.15, 0.2) is 61.2 Å². The lowest BCUT2D eigenvalue weighted by atomic mass is 10.0. The average molecular weight is 364 g/mol. The van der Waals surface area contributed by atoms with Gasteiger partial charge in [-0.1, -0.05) is 36.4 Å². The van der Waals surface area contributed by atoms with Gasteiger partial charge in [0, 0.05) is 31.2 Å². The largest absolute Gasteiger partial charge is 0.496 e. The standard InChI is InChI=1S/C23H28N2O2/c1-4-8-19-16-20(11-12-22(19)27-3)23(26)25-14-13-24(2)21(17-25)15-18-9-6-5-7-10-18/h4-7,9-12,16,21H,1,8,13-15,17H2,2-3H3. The normalized spacial score (nSPS) is 17.6. The average Bonchev–Trinajstić information content (AvgIpc) is 2.70. The molecule has 1 atom stereocenters. The van der Waals surface area contributed by atoms with Crippen LogP contribution in [-0.4, -0.2) is 55.5 Å². The summed E-state index contributed by atoms with van der Waals surface area (Å²) < 4.78 is 5.40. The molecule has 1 fully saturated rings. The lowest BCUT2D eigenvalue weighted by Gasteiger charge is -2.39. The van der Waals surface area contributed by atoms with Gasteiger partial charge in [-0.15, -0.1) is 6.58 Å². The summed E-state index contributed by atoms with van der Waals surface area (Å²) in [6, 6.07) is 16.5. The van der Waals surface area contributed by atoms with Crippen molar-refractivity contribution in [3.05, 3.63) is 77.9 Å². The number of hydrogen-bond acceptors (Lipinski definition) is 3. The highest BCUT2D eigenvalue weighted by atomic mass is 16.5. The molecule has 0 spiro atoms. The summed E-state index contributed by atoms with van der Waals surface area (Å²) in [5.41, 5.74) is 3.02. The number of carbonyl (C=O) groups excluding carboxylic acids is 1. The molecule has 3 rings (SSSR count). The van der Waals surface area contributed by atoms with Crippen molar-refractivity contribution in [3.8, 4) is 5.75 Å². The Balaban J connectivity index is 1.74. The maximum absolute atomic E-state index is 13.1. The number of carbonyl (C=O) groups is 1. The minimum Gasteiger partial charge on any atom is -0.496 e. The SMILES string of the molecule is C=CCc1cc(C(=O)N2CCN(C)C(Cc3ccccc3)C2)ccc1OC. The molecule has 0 radical (unpaired) electrons. The van der Waals surface area contributed by atoms with Crippen molar-refractivity contribution in [2.75, 3.05) is 33.8 Å². The summed E-state index contributed by atoms with van der Waals surface area (Å²) in [5.74, 6) is 0.890. The molecular weight excluding hydrogens is 336 g/mol. The number of methoxy groups -OCH3 is 1. The Hall–Kier alpha value is -2.59. The molecule has 2 aromatic carbocycles. The molecule has 1 amide bonds. The number of ether oxygens (including phenoxy) is 1. The third-order valence-electron chi connectivity index (χ3n) is 5.27. The van der Waals surface area contributed by atoms with Gasteiger partial charge < -0.3 is 9.64 Å². The molecule has 0 bridgehead atoms. The first-order valence-electron chi connectivity index (χ1n) is 9.43. The Morgan fingerprint density at radius 2 is 2.00 bits per heavy atom. The van der Waals surface area contributed by atoms with E-state index in [4.69, 9.17) is 4.74 Å². The van der Waals surface area contributed by atoms with Crippen molar-refractivity contribution in [3.63, 3.8) is 0 Å². The number of piperazine rings is 1. The number of nitrogens with zero attached hydrogens (tertiary/aromatic N) is 2. The summed E-state index contributed by atoms with van der Waals surface area (Å²) >= 11 is 0. The van der Waals surface area contributed by atoms with Crippen LogP contribution >= 0.6 is 0 Å². The molecule has 0 aliphatic carbocycles. The molecule has 142 valence electrons. The lowest BCUT2D eigenvalue weighted by Crippen LogP contribution is -2.54. The maximum Gasteiger partial charge on any atom is 0.253 e. The van der Waals surface area contributed by atoms with Crippen molar-refractivity contribution in [2.45, 2.75) is 18.9 Å². The van der Waals surface area contributed by atoms with E-state index in [1.807, 2.05) is 35.2 Å². The first-order valence-corrected chi connectivity index (χ1v) is 9.43. The zero-order valence-electron chi connectivity index (χ0n) is 16.2. The Bertz CT molecular complexity index is 788. The van der Waals surface area contributed by atoms with Crippen molar-refractivity contribution >= 4 is 5.91 Å². The number of hydrogen-bond donors (Lipinski definition) is 0. The van der Waals surface area contributed by atoms with E-state index in [1.54, 1.807) is 7.11 Å². The minimum atomic E-state index is 0.0918. The quantitative estimate of drug-likeness (QED) is 0.737. The number of allylic oxidation sites excluding steroid dienone is 1. The number of benzene rings is 2. The van der Waals surface area contributed by atoms with E-state index >= 15 is 0 Å². The molecule has 4 nitrogen and oxygen atoms in total. The number of amides is 1. The Kier molecular flexibility index (Phi) is 6.30. The second-order valence-corrected chi connectivity index (χ2v) is 7.09. The molecule has 0 saturated carbocycles. The zero-order valence-corrected chi connectivity index (χ0v) is 16.2. The van der Waals surface area contributed by atoms with Crippen LogP contribution in [0.25, 0.3) is 0 Å². The van der Waals surface area contributed by atoms with E-state index in [1.165, 1.54) is 5.56 Å². The Morgan fingerprint density at radius 3 is 2.70 bits per heavy atom. The van der Waals surface area contributed by atoms with E-state index in [9.17, 15) is 4.79 Å². The van der Waals surface area contributed by atoms with Crippen LogP contribution in [0.4, 0.5) is 0 Å². The fourth-order valence-electron chi connectivity index (χ4n) is 3.65. The van der Waals surface area contributed by atoms with Gasteiger partial charge in [0.1, 0.15) is 5.75 Å². The molecule has 1 heterocycles. The molecular formula is C23H28N2O2. The second kappa shape index (κ2) is 8.87. The molecule has 0 aromatic heterocycles. The highest BCUT2D eigenvalue weighted by Crippen LogP contribution is 2.23. The van der Waals surface area contributed by atoms with Crippen molar-refractivity contribution in [1.29, 1.82) is 0 Å². The zero-order chi connectivity index (χ0) is 19.2. The summed E-state index contributed by atoms with van der Waals surface area (Å²) in [4.78, 5) is 17.4. The predicted octanol–water partition coefficient (Wildman–Crippen LogP) is 3.42. The van der Waals surface area contributed by atoms with Crippen LogP contribution in [0.5, 0.6) is 5.75 Å². The van der Waals surface area contributed by atoms with Crippen molar-refractivity contribution in [1.82, 2.24) is 9.80 Å². The molecule has 27 heavy (non-hydrogen) atoms. The van der Waals surface area contributed by atoms with Crippen LogP contribution in [-0.2, 0) is 12.8 Å². The van der Waals surface area contributed by atoms with Crippen molar-refractivity contribution < 1.29 is 9.53 Å². The van der Waals surface area contributed by atoms with E-state index in [0.29, 0.717) is 12.5 Å². The van der Waals surface area contributed by atoms with Gasteiger partial charge in [0.25, 0.3) is 5.91 Å². The first kappa shape index (κ1) is 19.2. The molecule has 1 aliphatic rings. The van der Waals surface area contributed by atoms with Gasteiger partial charge in [0.2, 0.25) is 0 Å². The Morgan fingerprint density at radius 1 is 1.22 bits per heavy atom. The van der Waals surface area contributed by atoms with Gasteiger partial charge in [-0.2, -0.15) is 0 Å². The smallest absolute Gasteiger partial charge is 0.253 e. The van der Waals surface area contributed by atoms with Gasteiger partial charge in [0.05, 0.1) is 7.11 Å². The van der Waals surface area contributed by atoms with Gasteiger partial charge >= 0.3 is 0 Å². The minimum absolute atomic E-state index is 0.0918. The van der Waals surface area contributed by atoms with E-state index in [0.717, 1.165) is 42.9 Å². The van der Waals surface area contributed by atoms with Crippen LogP contribution in [0.1, 0.15) is 21.5 Å². The topological polar surface area (TPSA) is 32.8 Å². The van der Waals surface area contributed by atoms with E-state index < -0.39 is 0 Å². The summed E-state index contributed by atoms with van der Waals surface area (Å²) in [7, 11) is 3.79. The van der Waals surface area contributed by atoms with Crippen LogP contribution < -0.4 is 4.74 Å². The van der Waals surface area contributed by atoms with Gasteiger partial charge in [-0.05, 0) is 49.2 Å². The number of likely N-dealkylation sites (N-methyl/N-ethyl adjacent to an activating group) is 1. The molecule has 0 N–H and O–H groups in total. The van der Waals surface area contributed by atoms with Gasteiger partial charge in [-0.3, -0.25) is 9.69 Å². The molecule has 1 unspecified atom stereocenters.